The molecule has 1 aliphatic heterocycles. The Morgan fingerprint density at radius 2 is 1.80 bits per heavy atom. The lowest BCUT2D eigenvalue weighted by Gasteiger charge is -2.37. The highest BCUT2D eigenvalue weighted by atomic mass is 16.5. The number of carbonyl (C=O) groups excluding carboxylic acids is 2. The average molecular weight is 412 g/mol. The number of hydroxylamine groups is 1. The summed E-state index contributed by atoms with van der Waals surface area (Å²) < 4.78 is 5.88. The fourth-order valence-electron chi connectivity index (χ4n) is 3.73. The molecule has 4 N–H and O–H groups in total. The zero-order valence-corrected chi connectivity index (χ0v) is 17.5. The van der Waals surface area contributed by atoms with Crippen molar-refractivity contribution in [2.75, 3.05) is 13.1 Å². The van der Waals surface area contributed by atoms with E-state index in [1.54, 1.807) is 29.7 Å². The number of carbonyl (C=O) groups is 2. The van der Waals surface area contributed by atoms with Crippen LogP contribution in [-0.4, -0.2) is 35.7 Å². The maximum absolute atomic E-state index is 12.8. The number of hydrogen-bond acceptors (Lipinski definition) is 5. The number of amides is 2. The molecule has 0 radical (unpaired) electrons. The summed E-state index contributed by atoms with van der Waals surface area (Å²) >= 11 is 0. The molecule has 0 aliphatic carbocycles. The smallest absolute Gasteiger partial charge is 0.251 e. The van der Waals surface area contributed by atoms with E-state index in [-0.39, 0.29) is 12.3 Å². The van der Waals surface area contributed by atoms with E-state index in [0.29, 0.717) is 43.9 Å². The largest absolute Gasteiger partial charge is 0.489 e. The van der Waals surface area contributed by atoms with Gasteiger partial charge in [-0.1, -0.05) is 23.8 Å². The monoisotopic (exact) mass is 411 g/mol. The molecule has 30 heavy (non-hydrogen) atoms. The molecule has 1 aliphatic rings. The minimum Gasteiger partial charge on any atom is -0.489 e. The third-order valence-electron chi connectivity index (χ3n) is 5.58. The first-order valence-electron chi connectivity index (χ1n) is 10.2. The Bertz CT molecular complexity index is 890. The van der Waals surface area contributed by atoms with Crippen LogP contribution in [0.15, 0.2) is 42.5 Å². The van der Waals surface area contributed by atoms with Crippen molar-refractivity contribution >= 4 is 11.8 Å². The van der Waals surface area contributed by atoms with E-state index >= 15 is 0 Å². The summed E-state index contributed by atoms with van der Waals surface area (Å²) in [4.78, 5) is 24.5. The standard InChI is InChI=1S/C23H29N3O4/c1-16-3-4-17(2)19(13-16)15-30-20-7-5-18(6-8-20)22(28)25-23(14-21(27)26-29)9-11-24-12-10-23/h3-8,13,24,29H,9-12,14-15H2,1-2H3,(H,25,28)(H,26,27). The average Bonchev–Trinajstić information content (AvgIpc) is 2.75. The Morgan fingerprint density at radius 3 is 2.47 bits per heavy atom. The Kier molecular flexibility index (Phi) is 7.07. The predicted octanol–water partition coefficient (Wildman–Crippen LogP) is 2.63. The third-order valence-corrected chi connectivity index (χ3v) is 5.58. The van der Waals surface area contributed by atoms with Gasteiger partial charge in [-0.15, -0.1) is 0 Å². The van der Waals surface area contributed by atoms with E-state index in [4.69, 9.17) is 9.94 Å². The van der Waals surface area contributed by atoms with Crippen molar-refractivity contribution < 1.29 is 19.5 Å². The highest BCUT2D eigenvalue weighted by Crippen LogP contribution is 2.24. The summed E-state index contributed by atoms with van der Waals surface area (Å²) in [5.41, 5.74) is 4.98. The summed E-state index contributed by atoms with van der Waals surface area (Å²) in [6.45, 7) is 5.97. The fourth-order valence-corrected chi connectivity index (χ4v) is 3.73. The molecule has 3 rings (SSSR count). The van der Waals surface area contributed by atoms with Gasteiger partial charge in [0.15, 0.2) is 0 Å². The first kappa shape index (κ1) is 21.8. The minimum atomic E-state index is -0.674. The van der Waals surface area contributed by atoms with Gasteiger partial charge in [0.05, 0.1) is 12.0 Å². The highest BCUT2D eigenvalue weighted by Gasteiger charge is 2.36. The summed E-state index contributed by atoms with van der Waals surface area (Å²) in [5.74, 6) is -0.0696. The Balaban J connectivity index is 1.63. The molecule has 0 aromatic heterocycles. The van der Waals surface area contributed by atoms with Crippen LogP contribution >= 0.6 is 0 Å². The van der Waals surface area contributed by atoms with E-state index in [1.807, 2.05) is 0 Å². The number of benzene rings is 2. The Labute approximate surface area is 176 Å². The molecule has 2 aromatic carbocycles. The van der Waals surface area contributed by atoms with Crippen LogP contribution in [0.5, 0.6) is 5.75 Å². The van der Waals surface area contributed by atoms with Gasteiger partial charge in [0.2, 0.25) is 5.91 Å². The van der Waals surface area contributed by atoms with Crippen LogP contribution in [0.4, 0.5) is 0 Å². The lowest BCUT2D eigenvalue weighted by Crippen LogP contribution is -2.56. The van der Waals surface area contributed by atoms with Crippen LogP contribution < -0.4 is 20.9 Å². The first-order valence-corrected chi connectivity index (χ1v) is 10.2. The quantitative estimate of drug-likeness (QED) is 0.415. The number of aryl methyl sites for hydroxylation is 2. The van der Waals surface area contributed by atoms with Crippen molar-refractivity contribution in [1.29, 1.82) is 0 Å². The van der Waals surface area contributed by atoms with Crippen LogP contribution in [0.3, 0.4) is 0 Å². The van der Waals surface area contributed by atoms with Gasteiger partial charge in [0, 0.05) is 5.56 Å². The molecule has 0 spiro atoms. The van der Waals surface area contributed by atoms with Crippen molar-refractivity contribution in [3.8, 4) is 5.75 Å². The first-order chi connectivity index (χ1) is 14.4. The molecule has 1 saturated heterocycles. The summed E-state index contributed by atoms with van der Waals surface area (Å²) in [5, 5.41) is 15.1. The molecule has 7 heteroatoms. The number of hydrogen-bond donors (Lipinski definition) is 4. The molecule has 7 nitrogen and oxygen atoms in total. The lowest BCUT2D eigenvalue weighted by atomic mass is 9.84. The lowest BCUT2D eigenvalue weighted by molar-refractivity contribution is -0.130. The third kappa shape index (κ3) is 5.58. The number of piperidine rings is 1. The van der Waals surface area contributed by atoms with Crippen molar-refractivity contribution in [1.82, 2.24) is 16.1 Å². The van der Waals surface area contributed by atoms with Crippen molar-refractivity contribution in [2.24, 2.45) is 0 Å². The molecular weight excluding hydrogens is 382 g/mol. The van der Waals surface area contributed by atoms with Gasteiger partial charge in [-0.3, -0.25) is 14.8 Å². The molecular formula is C23H29N3O4. The normalized spacial score (nSPS) is 15.3. The Hall–Kier alpha value is -2.90. The van der Waals surface area contributed by atoms with E-state index in [1.165, 1.54) is 11.1 Å². The zero-order valence-electron chi connectivity index (χ0n) is 17.5. The van der Waals surface area contributed by atoms with Crippen LogP contribution in [0.25, 0.3) is 0 Å². The van der Waals surface area contributed by atoms with Crippen molar-refractivity contribution in [3.05, 3.63) is 64.7 Å². The van der Waals surface area contributed by atoms with E-state index < -0.39 is 11.4 Å². The Morgan fingerprint density at radius 1 is 1.10 bits per heavy atom. The highest BCUT2D eigenvalue weighted by molar-refractivity contribution is 5.95. The second kappa shape index (κ2) is 9.73. The van der Waals surface area contributed by atoms with Crippen LogP contribution in [0.2, 0.25) is 0 Å². The van der Waals surface area contributed by atoms with Gasteiger partial charge in [0.1, 0.15) is 12.4 Å². The topological polar surface area (TPSA) is 99.7 Å². The van der Waals surface area contributed by atoms with E-state index in [0.717, 1.165) is 5.56 Å². The summed E-state index contributed by atoms with van der Waals surface area (Å²) in [6, 6.07) is 13.2. The molecule has 1 heterocycles. The van der Waals surface area contributed by atoms with Crippen LogP contribution in [0, 0.1) is 13.8 Å². The van der Waals surface area contributed by atoms with E-state index in [9.17, 15) is 9.59 Å². The molecule has 2 aromatic rings. The zero-order chi connectivity index (χ0) is 21.6. The maximum Gasteiger partial charge on any atom is 0.251 e. The van der Waals surface area contributed by atoms with Gasteiger partial charge < -0.3 is 15.4 Å². The SMILES string of the molecule is Cc1ccc(C)c(COc2ccc(C(=O)NC3(CC(=O)NO)CCNCC3)cc2)c1. The van der Waals surface area contributed by atoms with Gasteiger partial charge in [-0.05, 0) is 75.2 Å². The van der Waals surface area contributed by atoms with Gasteiger partial charge in [0.25, 0.3) is 5.91 Å². The van der Waals surface area contributed by atoms with E-state index in [2.05, 4.69) is 42.7 Å². The number of rotatable bonds is 7. The molecule has 2 amide bonds. The summed E-state index contributed by atoms with van der Waals surface area (Å²) in [7, 11) is 0. The number of nitrogens with one attached hydrogen (secondary N) is 3. The second-order valence-corrected chi connectivity index (χ2v) is 7.94. The van der Waals surface area contributed by atoms with Gasteiger partial charge in [-0.25, -0.2) is 5.48 Å². The molecule has 1 fully saturated rings. The second-order valence-electron chi connectivity index (χ2n) is 7.94. The molecule has 0 unspecified atom stereocenters. The van der Waals surface area contributed by atoms with Crippen LogP contribution in [0.1, 0.15) is 46.3 Å². The number of ether oxygens (including phenoxy) is 1. The van der Waals surface area contributed by atoms with Crippen molar-refractivity contribution in [3.63, 3.8) is 0 Å². The van der Waals surface area contributed by atoms with Crippen molar-refractivity contribution in [2.45, 2.75) is 45.3 Å². The molecule has 0 bridgehead atoms. The maximum atomic E-state index is 12.8. The molecule has 160 valence electrons. The molecule has 0 saturated carbocycles. The fraction of sp³-hybridized carbons (Fsp3) is 0.391. The van der Waals surface area contributed by atoms with Crippen LogP contribution in [-0.2, 0) is 11.4 Å². The summed E-state index contributed by atoms with van der Waals surface area (Å²) in [6.07, 6.45) is 1.26. The molecule has 0 atom stereocenters. The predicted molar refractivity (Wildman–Crippen MR) is 114 cm³/mol. The van der Waals surface area contributed by atoms with Gasteiger partial charge >= 0.3 is 0 Å². The minimum absolute atomic E-state index is 0.0357. The van der Waals surface area contributed by atoms with Gasteiger partial charge in [-0.2, -0.15) is 0 Å².